The summed E-state index contributed by atoms with van der Waals surface area (Å²) in [5.74, 6) is 0.602. The van der Waals surface area contributed by atoms with Crippen LogP contribution in [0.3, 0.4) is 0 Å². The minimum atomic E-state index is 0.602. The van der Waals surface area contributed by atoms with Crippen LogP contribution in [0.2, 0.25) is 0 Å². The first kappa shape index (κ1) is 43.6. The van der Waals surface area contributed by atoms with Crippen molar-refractivity contribution in [3.05, 3.63) is 279 Å². The lowest BCUT2D eigenvalue weighted by molar-refractivity contribution is 0.620. The lowest BCUT2D eigenvalue weighted by Crippen LogP contribution is -2.16. The van der Waals surface area contributed by atoms with Gasteiger partial charge in [-0.3, -0.25) is 0 Å². The van der Waals surface area contributed by atoms with E-state index in [0.29, 0.717) is 5.89 Å². The van der Waals surface area contributed by atoms with Gasteiger partial charge in [-0.05, 0) is 131 Å². The number of aromatic nitrogens is 1. The summed E-state index contributed by atoms with van der Waals surface area (Å²) in [6, 6.07) is 98.6. The Hall–Kier alpha value is -10.2. The van der Waals surface area contributed by atoms with E-state index in [4.69, 9.17) is 13.8 Å². The Morgan fingerprint density at radius 1 is 0.280 bits per heavy atom. The maximum Gasteiger partial charge on any atom is 0.227 e. The molecule has 75 heavy (non-hydrogen) atoms. The number of para-hydroxylation sites is 5. The van der Waals surface area contributed by atoms with Crippen LogP contribution in [-0.2, 0) is 0 Å². The lowest BCUT2D eigenvalue weighted by atomic mass is 9.99. The van der Waals surface area contributed by atoms with E-state index in [1.54, 1.807) is 0 Å². The number of fused-ring (bicyclic) bond motifs is 8. The Morgan fingerprint density at radius 3 is 1.45 bits per heavy atom. The van der Waals surface area contributed by atoms with Gasteiger partial charge in [-0.1, -0.05) is 164 Å². The maximum atomic E-state index is 6.66. The number of hydrogen-bond acceptors (Lipinski definition) is 6. The van der Waals surface area contributed by atoms with E-state index in [2.05, 4.69) is 245 Å². The fourth-order valence-corrected chi connectivity index (χ4v) is 10.8. The Kier molecular flexibility index (Phi) is 10.7. The summed E-state index contributed by atoms with van der Waals surface area (Å²) in [4.78, 5) is 12.2. The highest BCUT2D eigenvalue weighted by Crippen LogP contribution is 2.49. The Balaban J connectivity index is 1.04. The Labute approximate surface area is 433 Å². The molecule has 0 unspecified atom stereocenters. The molecule has 0 fully saturated rings. The molecule has 12 aromatic carbocycles. The van der Waals surface area contributed by atoms with E-state index >= 15 is 0 Å². The normalized spacial score (nSPS) is 11.5. The summed E-state index contributed by atoms with van der Waals surface area (Å²) < 4.78 is 13.1. The van der Waals surface area contributed by atoms with Crippen molar-refractivity contribution in [3.63, 3.8) is 0 Å². The van der Waals surface area contributed by atoms with Gasteiger partial charge in [0.25, 0.3) is 0 Å². The number of oxazole rings is 1. The first-order valence-electron chi connectivity index (χ1n) is 25.3. The largest absolute Gasteiger partial charge is 0.456 e. The second kappa shape index (κ2) is 18.5. The van der Waals surface area contributed by atoms with E-state index in [-0.39, 0.29) is 0 Å². The molecule has 0 atom stereocenters. The van der Waals surface area contributed by atoms with Crippen LogP contribution in [0.15, 0.2) is 288 Å². The van der Waals surface area contributed by atoms with Crippen LogP contribution < -0.4 is 14.7 Å². The monoisotopic (exact) mass is 962 g/mol. The van der Waals surface area contributed by atoms with E-state index < -0.39 is 0 Å². The van der Waals surface area contributed by atoms with Crippen molar-refractivity contribution in [2.45, 2.75) is 0 Å². The number of hydrogen-bond donors (Lipinski definition) is 0. The van der Waals surface area contributed by atoms with Gasteiger partial charge in [-0.25, -0.2) is 4.98 Å². The van der Waals surface area contributed by atoms with Gasteiger partial charge < -0.3 is 23.5 Å². The second-order valence-electron chi connectivity index (χ2n) is 18.7. The van der Waals surface area contributed by atoms with E-state index in [1.807, 2.05) is 48.5 Å². The number of rotatable bonds is 11. The van der Waals surface area contributed by atoms with Crippen LogP contribution in [-0.4, -0.2) is 4.98 Å². The zero-order chi connectivity index (χ0) is 49.7. The lowest BCUT2D eigenvalue weighted by Gasteiger charge is -2.33. The van der Waals surface area contributed by atoms with Gasteiger partial charge in [-0.2, -0.15) is 0 Å². The van der Waals surface area contributed by atoms with Crippen LogP contribution in [0.4, 0.5) is 51.2 Å². The molecule has 0 saturated carbocycles. The van der Waals surface area contributed by atoms with Gasteiger partial charge in [0.2, 0.25) is 5.89 Å². The molecular weight excluding hydrogens is 917 g/mol. The predicted octanol–water partition coefficient (Wildman–Crippen LogP) is 19.8. The minimum Gasteiger partial charge on any atom is -0.456 e. The van der Waals surface area contributed by atoms with Crippen molar-refractivity contribution in [1.82, 2.24) is 4.98 Å². The molecule has 0 N–H and O–H groups in total. The van der Waals surface area contributed by atoms with Crippen molar-refractivity contribution >= 4 is 106 Å². The number of furan rings is 1. The molecule has 0 aliphatic rings. The zero-order valence-electron chi connectivity index (χ0n) is 40.7. The minimum absolute atomic E-state index is 0.602. The molecule has 6 nitrogen and oxygen atoms in total. The fourth-order valence-electron chi connectivity index (χ4n) is 10.8. The van der Waals surface area contributed by atoms with Crippen LogP contribution >= 0.6 is 0 Å². The van der Waals surface area contributed by atoms with Crippen molar-refractivity contribution in [1.29, 1.82) is 0 Å². The first-order chi connectivity index (χ1) is 37.2. The number of nitrogens with zero attached hydrogens (tertiary/aromatic N) is 4. The molecule has 14 rings (SSSR count). The Bertz CT molecular complexity index is 4330. The molecule has 2 aromatic heterocycles. The molecule has 0 radical (unpaired) electrons. The van der Waals surface area contributed by atoms with Crippen molar-refractivity contribution in [3.8, 4) is 22.6 Å². The van der Waals surface area contributed by atoms with Gasteiger partial charge in [0.1, 0.15) is 16.7 Å². The maximum absolute atomic E-state index is 6.66. The number of anilines is 9. The van der Waals surface area contributed by atoms with Gasteiger partial charge in [0, 0.05) is 61.8 Å². The topological polar surface area (TPSA) is 48.9 Å². The van der Waals surface area contributed by atoms with Gasteiger partial charge >= 0.3 is 0 Å². The molecule has 0 aliphatic heterocycles. The fraction of sp³-hybridized carbons (Fsp3) is 0. The molecule has 354 valence electrons. The molecule has 0 bridgehead atoms. The third kappa shape index (κ3) is 7.89. The van der Waals surface area contributed by atoms with Crippen LogP contribution in [0.1, 0.15) is 0 Å². The van der Waals surface area contributed by atoms with Crippen molar-refractivity contribution in [2.24, 2.45) is 0 Å². The standard InChI is InChI=1S/C69H46N4O2/c1-6-20-47(21-7-1)59-30-16-18-32-63(59)73(53-28-14-5-15-29-53)58-44-56(71(51-24-10-3-11-25-51)52-26-12-4-13-27-52)43-57(45-58)72(55-38-40-62-61-31-17-19-33-64(61)74-66(62)46-55)54-37-39-60-50(42-54)35-34-48-36-41-65-68(67(48)60)70-69(75-65)49-22-8-2-9-23-49/h1-46H. The summed E-state index contributed by atoms with van der Waals surface area (Å²) in [7, 11) is 0. The molecule has 0 aliphatic carbocycles. The first-order valence-corrected chi connectivity index (χ1v) is 25.3. The Morgan fingerprint density at radius 2 is 0.773 bits per heavy atom. The van der Waals surface area contributed by atoms with Crippen LogP contribution in [0, 0.1) is 0 Å². The van der Waals surface area contributed by atoms with E-state index in [0.717, 1.165) is 122 Å². The third-order valence-corrected chi connectivity index (χ3v) is 14.2. The zero-order valence-corrected chi connectivity index (χ0v) is 40.7. The smallest absolute Gasteiger partial charge is 0.227 e. The highest BCUT2D eigenvalue weighted by molar-refractivity contribution is 6.19. The molecular formula is C69H46N4O2. The summed E-state index contributed by atoms with van der Waals surface area (Å²) >= 11 is 0. The SMILES string of the molecule is c1ccc(-c2nc3c(ccc4ccc5cc(N(c6cc(N(c7ccccc7)c7ccccc7)cc(N(c7ccccc7)c7ccccc7-c7ccccc7)c6)c6ccc7c(c6)oc6ccccc67)ccc5c43)o2)cc1. The average molecular weight is 963 g/mol. The molecule has 0 spiro atoms. The van der Waals surface area contributed by atoms with Crippen LogP contribution in [0.5, 0.6) is 0 Å². The molecule has 6 heteroatoms. The average Bonchev–Trinajstić information content (AvgIpc) is 4.11. The molecule has 2 heterocycles. The highest BCUT2D eigenvalue weighted by Gasteiger charge is 2.25. The van der Waals surface area contributed by atoms with Crippen molar-refractivity contribution < 1.29 is 8.83 Å². The number of benzene rings is 12. The van der Waals surface area contributed by atoms with Gasteiger partial charge in [0.05, 0.1) is 22.7 Å². The molecule has 14 aromatic rings. The van der Waals surface area contributed by atoms with E-state index in [1.165, 1.54) is 0 Å². The van der Waals surface area contributed by atoms with E-state index in [9.17, 15) is 0 Å². The quantitative estimate of drug-likeness (QED) is 0.120. The summed E-state index contributed by atoms with van der Waals surface area (Å²) in [6.07, 6.45) is 0. The second-order valence-corrected chi connectivity index (χ2v) is 18.7. The predicted molar refractivity (Wildman–Crippen MR) is 311 cm³/mol. The third-order valence-electron chi connectivity index (χ3n) is 14.2. The van der Waals surface area contributed by atoms with Crippen molar-refractivity contribution in [2.75, 3.05) is 14.7 Å². The molecule has 0 amide bonds. The molecule has 0 saturated heterocycles. The summed E-state index contributed by atoms with van der Waals surface area (Å²) in [5.41, 5.74) is 15.4. The highest BCUT2D eigenvalue weighted by atomic mass is 16.3. The summed E-state index contributed by atoms with van der Waals surface area (Å²) in [5, 5.41) is 6.45. The van der Waals surface area contributed by atoms with Gasteiger partial charge in [-0.15, -0.1) is 0 Å². The van der Waals surface area contributed by atoms with Crippen LogP contribution in [0.25, 0.3) is 77.2 Å². The summed E-state index contributed by atoms with van der Waals surface area (Å²) in [6.45, 7) is 0. The van der Waals surface area contributed by atoms with Gasteiger partial charge in [0.15, 0.2) is 5.58 Å².